The van der Waals surface area contributed by atoms with Gasteiger partial charge < -0.3 is 9.73 Å². The molecule has 5 nitrogen and oxygen atoms in total. The van der Waals surface area contributed by atoms with Gasteiger partial charge in [-0.25, -0.2) is 4.98 Å². The molecule has 29 heavy (non-hydrogen) atoms. The van der Waals surface area contributed by atoms with Crippen molar-refractivity contribution in [1.82, 2.24) is 10.3 Å². The van der Waals surface area contributed by atoms with Crippen LogP contribution in [0, 0.1) is 0 Å². The van der Waals surface area contributed by atoms with Gasteiger partial charge in [-0.05, 0) is 60.6 Å². The largest absolute Gasteiger partial charge is 0.436 e. The highest BCUT2D eigenvalue weighted by atomic mass is 32.1. The molecular weight excluding hydrogens is 382 g/mol. The quantitative estimate of drug-likeness (QED) is 0.461. The van der Waals surface area contributed by atoms with Gasteiger partial charge in [-0.2, -0.15) is 0 Å². The molecule has 0 aliphatic carbocycles. The molecule has 4 aromatic rings. The Morgan fingerprint density at radius 3 is 2.48 bits per heavy atom. The summed E-state index contributed by atoms with van der Waals surface area (Å²) in [5.74, 6) is 0.225. The molecule has 3 aromatic carbocycles. The summed E-state index contributed by atoms with van der Waals surface area (Å²) in [5, 5.41) is 6.00. The summed E-state index contributed by atoms with van der Waals surface area (Å²) < 4.78 is 5.87. The number of hydrogen-bond acceptors (Lipinski definition) is 4. The number of hydrogen-bond donors (Lipinski definition) is 2. The Kier molecular flexibility index (Phi) is 5.35. The van der Waals surface area contributed by atoms with E-state index < -0.39 is 0 Å². The van der Waals surface area contributed by atoms with Crippen LogP contribution in [0.5, 0.6) is 0 Å². The summed E-state index contributed by atoms with van der Waals surface area (Å²) >= 11 is 5.34. The number of fused-ring (bicyclic) bond motifs is 1. The van der Waals surface area contributed by atoms with E-state index in [-0.39, 0.29) is 11.0 Å². The van der Waals surface area contributed by atoms with Crippen molar-refractivity contribution in [3.05, 3.63) is 83.9 Å². The minimum Gasteiger partial charge on any atom is -0.436 e. The molecule has 144 valence electrons. The van der Waals surface area contributed by atoms with Crippen molar-refractivity contribution >= 4 is 40.0 Å². The van der Waals surface area contributed by atoms with Gasteiger partial charge in [-0.1, -0.05) is 43.3 Å². The Morgan fingerprint density at radius 1 is 1.00 bits per heavy atom. The number of carbonyl (C=O) groups excluding carboxylic acids is 1. The molecule has 0 spiro atoms. The lowest BCUT2D eigenvalue weighted by atomic mass is 10.1. The predicted octanol–water partition coefficient (Wildman–Crippen LogP) is 5.18. The first-order chi connectivity index (χ1) is 14.1. The fraction of sp³-hybridized carbons (Fsp3) is 0.0870. The Balaban J connectivity index is 1.52. The summed E-state index contributed by atoms with van der Waals surface area (Å²) in [6, 6.07) is 22.6. The maximum Gasteiger partial charge on any atom is 0.257 e. The zero-order valence-electron chi connectivity index (χ0n) is 15.8. The van der Waals surface area contributed by atoms with Gasteiger partial charge >= 0.3 is 0 Å². The first-order valence-electron chi connectivity index (χ1n) is 9.30. The van der Waals surface area contributed by atoms with Crippen LogP contribution in [0.2, 0.25) is 0 Å². The highest BCUT2D eigenvalue weighted by Gasteiger charge is 2.14. The second-order valence-corrected chi connectivity index (χ2v) is 6.90. The number of para-hydroxylation sites is 3. The standard InChI is InChI=1S/C23H19N3O2S/c1-2-15-11-13-16(14-12-15)21(27)26-23(29)25-18-8-4-3-7-17(18)22-24-19-9-5-6-10-20(19)28-22/h3-14H,2H2,1H3,(H2,25,26,27,29). The average molecular weight is 401 g/mol. The Labute approximate surface area is 173 Å². The monoisotopic (exact) mass is 401 g/mol. The summed E-state index contributed by atoms with van der Waals surface area (Å²) in [4.78, 5) is 17.0. The maximum atomic E-state index is 12.4. The van der Waals surface area contributed by atoms with Crippen molar-refractivity contribution in [3.8, 4) is 11.5 Å². The number of nitrogens with zero attached hydrogens (tertiary/aromatic N) is 1. The van der Waals surface area contributed by atoms with Crippen LogP contribution >= 0.6 is 12.2 Å². The van der Waals surface area contributed by atoms with Crippen LogP contribution in [0.4, 0.5) is 5.69 Å². The average Bonchev–Trinajstić information content (AvgIpc) is 3.18. The molecule has 0 unspecified atom stereocenters. The Bertz CT molecular complexity index is 1150. The number of anilines is 1. The molecule has 1 amide bonds. The van der Waals surface area contributed by atoms with Crippen LogP contribution in [-0.2, 0) is 6.42 Å². The van der Waals surface area contributed by atoms with E-state index in [2.05, 4.69) is 22.5 Å². The fourth-order valence-electron chi connectivity index (χ4n) is 2.99. The van der Waals surface area contributed by atoms with Gasteiger partial charge in [0.05, 0.1) is 11.3 Å². The van der Waals surface area contributed by atoms with E-state index in [4.69, 9.17) is 16.6 Å². The topological polar surface area (TPSA) is 67.2 Å². The van der Waals surface area contributed by atoms with Gasteiger partial charge in [0.25, 0.3) is 5.91 Å². The van der Waals surface area contributed by atoms with E-state index in [0.29, 0.717) is 22.7 Å². The Morgan fingerprint density at radius 2 is 1.72 bits per heavy atom. The third kappa shape index (κ3) is 4.17. The number of aryl methyl sites for hydroxylation is 1. The van der Waals surface area contributed by atoms with Crippen molar-refractivity contribution in [2.75, 3.05) is 5.32 Å². The van der Waals surface area contributed by atoms with Crippen LogP contribution in [0.1, 0.15) is 22.8 Å². The zero-order valence-corrected chi connectivity index (χ0v) is 16.6. The molecule has 6 heteroatoms. The third-order valence-electron chi connectivity index (χ3n) is 4.55. The number of thiocarbonyl (C=S) groups is 1. The molecule has 0 fully saturated rings. The van der Waals surface area contributed by atoms with Gasteiger partial charge in [-0.3, -0.25) is 10.1 Å². The number of carbonyl (C=O) groups is 1. The summed E-state index contributed by atoms with van der Waals surface area (Å²) in [7, 11) is 0. The Hall–Kier alpha value is -3.51. The molecule has 2 N–H and O–H groups in total. The van der Waals surface area contributed by atoms with E-state index in [0.717, 1.165) is 17.5 Å². The first kappa shape index (κ1) is 18.8. The number of oxazole rings is 1. The van der Waals surface area contributed by atoms with E-state index in [1.807, 2.05) is 60.7 Å². The van der Waals surface area contributed by atoms with Gasteiger partial charge in [0.2, 0.25) is 5.89 Å². The normalized spacial score (nSPS) is 10.7. The highest BCUT2D eigenvalue weighted by Crippen LogP contribution is 2.29. The number of benzene rings is 3. The van der Waals surface area contributed by atoms with E-state index in [1.54, 1.807) is 12.1 Å². The van der Waals surface area contributed by atoms with Crippen LogP contribution in [0.15, 0.2) is 77.2 Å². The SMILES string of the molecule is CCc1ccc(C(=O)NC(=S)Nc2ccccc2-c2nc3ccccc3o2)cc1. The molecule has 0 bridgehead atoms. The number of aromatic nitrogens is 1. The smallest absolute Gasteiger partial charge is 0.257 e. The first-order valence-corrected chi connectivity index (χ1v) is 9.71. The van der Waals surface area contributed by atoms with Gasteiger partial charge in [0.15, 0.2) is 10.7 Å². The molecule has 0 radical (unpaired) electrons. The van der Waals surface area contributed by atoms with Crippen molar-refractivity contribution in [1.29, 1.82) is 0 Å². The van der Waals surface area contributed by atoms with Gasteiger partial charge in [-0.15, -0.1) is 0 Å². The molecule has 1 aromatic heterocycles. The second kappa shape index (κ2) is 8.24. The summed E-state index contributed by atoms with van der Waals surface area (Å²) in [6.07, 6.45) is 0.925. The predicted molar refractivity (Wildman–Crippen MR) is 119 cm³/mol. The minimum absolute atomic E-state index is 0.207. The molecule has 4 rings (SSSR count). The lowest BCUT2D eigenvalue weighted by Gasteiger charge is -2.12. The molecule has 1 heterocycles. The number of amides is 1. The number of rotatable bonds is 4. The highest BCUT2D eigenvalue weighted by molar-refractivity contribution is 7.80. The van der Waals surface area contributed by atoms with E-state index in [1.165, 1.54) is 5.56 Å². The van der Waals surface area contributed by atoms with Crippen molar-refractivity contribution in [2.24, 2.45) is 0 Å². The van der Waals surface area contributed by atoms with Crippen LogP contribution in [0.25, 0.3) is 22.6 Å². The molecule has 0 aliphatic heterocycles. The summed E-state index contributed by atoms with van der Waals surface area (Å²) in [5.41, 5.74) is 4.68. The van der Waals surface area contributed by atoms with Crippen molar-refractivity contribution < 1.29 is 9.21 Å². The van der Waals surface area contributed by atoms with Crippen molar-refractivity contribution in [2.45, 2.75) is 13.3 Å². The van der Waals surface area contributed by atoms with Crippen molar-refractivity contribution in [3.63, 3.8) is 0 Å². The van der Waals surface area contributed by atoms with E-state index in [9.17, 15) is 4.79 Å². The molecule has 0 saturated carbocycles. The lowest BCUT2D eigenvalue weighted by Crippen LogP contribution is -2.34. The van der Waals surface area contributed by atoms with Gasteiger partial charge in [0, 0.05) is 5.56 Å². The zero-order chi connectivity index (χ0) is 20.2. The van der Waals surface area contributed by atoms with Crippen LogP contribution in [0.3, 0.4) is 0 Å². The molecular formula is C23H19N3O2S. The second-order valence-electron chi connectivity index (χ2n) is 6.49. The summed E-state index contributed by atoms with van der Waals surface area (Å²) in [6.45, 7) is 2.07. The lowest BCUT2D eigenvalue weighted by molar-refractivity contribution is 0.0977. The van der Waals surface area contributed by atoms with Crippen LogP contribution in [-0.4, -0.2) is 16.0 Å². The number of nitrogens with one attached hydrogen (secondary N) is 2. The van der Waals surface area contributed by atoms with E-state index >= 15 is 0 Å². The fourth-order valence-corrected chi connectivity index (χ4v) is 3.19. The van der Waals surface area contributed by atoms with Gasteiger partial charge in [0.1, 0.15) is 5.52 Å². The molecule has 0 atom stereocenters. The van der Waals surface area contributed by atoms with Crippen LogP contribution < -0.4 is 10.6 Å². The third-order valence-corrected chi connectivity index (χ3v) is 4.76. The maximum absolute atomic E-state index is 12.4. The molecule has 0 saturated heterocycles. The molecule has 0 aliphatic rings. The minimum atomic E-state index is -0.260.